The van der Waals surface area contributed by atoms with E-state index in [4.69, 9.17) is 0 Å². The maximum Gasteiger partial charge on any atom is 0.268 e. The molecule has 2 aromatic heterocycles. The average molecular weight is 373 g/mol. The van der Waals surface area contributed by atoms with Crippen molar-refractivity contribution in [1.29, 1.82) is 0 Å². The molecule has 0 aliphatic rings. The minimum absolute atomic E-state index is 0.267. The fraction of sp³-hybridized carbons (Fsp3) is 0. The lowest BCUT2D eigenvalue weighted by atomic mass is 10.1. The Morgan fingerprint density at radius 1 is 0.852 bits per heavy atom. The first-order chi connectivity index (χ1) is 13.1. The van der Waals surface area contributed by atoms with Crippen LogP contribution in [0.15, 0.2) is 90.0 Å². The molecule has 6 heteroatoms. The summed E-state index contributed by atoms with van der Waals surface area (Å²) in [5.41, 5.74) is 3.42. The molecule has 0 bridgehead atoms. The van der Waals surface area contributed by atoms with Crippen molar-refractivity contribution >= 4 is 32.0 Å². The van der Waals surface area contributed by atoms with Crippen molar-refractivity contribution in [2.45, 2.75) is 4.90 Å². The van der Waals surface area contributed by atoms with E-state index in [0.717, 1.165) is 27.8 Å². The Balaban J connectivity index is 1.63. The van der Waals surface area contributed by atoms with E-state index in [1.165, 1.54) is 3.97 Å². The smallest absolute Gasteiger partial charge is 0.268 e. The molecule has 5 rings (SSSR count). The lowest BCUT2D eigenvalue weighted by Gasteiger charge is -2.07. The predicted octanol–water partition coefficient (Wildman–Crippen LogP) is 4.42. The summed E-state index contributed by atoms with van der Waals surface area (Å²) in [6.45, 7) is 0. The number of hydrogen-bond acceptors (Lipinski definition) is 3. The highest BCUT2D eigenvalue weighted by Gasteiger charge is 2.18. The van der Waals surface area contributed by atoms with Crippen molar-refractivity contribution in [3.63, 3.8) is 0 Å². The van der Waals surface area contributed by atoms with Gasteiger partial charge >= 0.3 is 0 Å². The van der Waals surface area contributed by atoms with Gasteiger partial charge in [0.15, 0.2) is 0 Å². The van der Waals surface area contributed by atoms with Crippen molar-refractivity contribution in [2.24, 2.45) is 0 Å². The summed E-state index contributed by atoms with van der Waals surface area (Å²) in [5.74, 6) is 0.761. The number of imidazole rings is 1. The second-order valence-electron chi connectivity index (χ2n) is 6.31. The predicted molar refractivity (Wildman–Crippen MR) is 106 cm³/mol. The van der Waals surface area contributed by atoms with Crippen molar-refractivity contribution in [2.75, 3.05) is 0 Å². The third-order valence-corrected chi connectivity index (χ3v) is 6.32. The topological polar surface area (TPSA) is 67.8 Å². The van der Waals surface area contributed by atoms with Crippen LogP contribution in [-0.2, 0) is 10.0 Å². The number of nitrogens with zero attached hydrogens (tertiary/aromatic N) is 2. The van der Waals surface area contributed by atoms with E-state index in [2.05, 4.69) is 9.97 Å². The Hall–Kier alpha value is -3.38. The SMILES string of the molecule is O=S(=O)(c1ccccc1)n1ccc2cc(-c3nc4ccccc4[nH]3)ccc21. The molecule has 0 aliphatic heterocycles. The zero-order chi connectivity index (χ0) is 18.4. The molecule has 1 N–H and O–H groups in total. The van der Waals surface area contributed by atoms with E-state index in [0.29, 0.717) is 5.52 Å². The number of hydrogen-bond donors (Lipinski definition) is 1. The van der Waals surface area contributed by atoms with Crippen molar-refractivity contribution in [1.82, 2.24) is 13.9 Å². The summed E-state index contributed by atoms with van der Waals surface area (Å²) in [4.78, 5) is 8.18. The van der Waals surface area contributed by atoms with E-state index in [1.807, 2.05) is 48.5 Å². The first-order valence-electron chi connectivity index (χ1n) is 8.50. The minimum Gasteiger partial charge on any atom is -0.338 e. The number of fused-ring (bicyclic) bond motifs is 2. The van der Waals surface area contributed by atoms with Gasteiger partial charge in [0.05, 0.1) is 21.4 Å². The zero-order valence-electron chi connectivity index (χ0n) is 14.2. The Morgan fingerprint density at radius 3 is 2.44 bits per heavy atom. The number of nitrogens with one attached hydrogen (secondary N) is 1. The fourth-order valence-electron chi connectivity index (χ4n) is 3.27. The van der Waals surface area contributed by atoms with Gasteiger partial charge in [0.25, 0.3) is 10.0 Å². The molecule has 0 atom stereocenters. The second-order valence-corrected chi connectivity index (χ2v) is 8.12. The Morgan fingerprint density at radius 2 is 1.63 bits per heavy atom. The van der Waals surface area contributed by atoms with Gasteiger partial charge in [-0.15, -0.1) is 0 Å². The number of aromatic nitrogens is 3. The second kappa shape index (κ2) is 5.82. The van der Waals surface area contributed by atoms with Crippen LogP contribution in [0.4, 0.5) is 0 Å². The largest absolute Gasteiger partial charge is 0.338 e. The van der Waals surface area contributed by atoms with Crippen LogP contribution in [0, 0.1) is 0 Å². The molecule has 0 spiro atoms. The van der Waals surface area contributed by atoms with Crippen LogP contribution in [0.25, 0.3) is 33.3 Å². The summed E-state index contributed by atoms with van der Waals surface area (Å²) in [7, 11) is -3.63. The molecule has 3 aromatic carbocycles. The Kier molecular flexibility index (Phi) is 3.42. The van der Waals surface area contributed by atoms with Gasteiger partial charge in [-0.1, -0.05) is 30.3 Å². The van der Waals surface area contributed by atoms with E-state index in [1.54, 1.807) is 36.5 Å². The van der Waals surface area contributed by atoms with Gasteiger partial charge in [-0.3, -0.25) is 0 Å². The maximum atomic E-state index is 12.9. The molecule has 0 aliphatic carbocycles. The summed E-state index contributed by atoms with van der Waals surface area (Å²) < 4.78 is 27.2. The van der Waals surface area contributed by atoms with Gasteiger partial charge in [-0.25, -0.2) is 17.4 Å². The minimum atomic E-state index is -3.63. The van der Waals surface area contributed by atoms with Crippen LogP contribution >= 0.6 is 0 Å². The highest BCUT2D eigenvalue weighted by atomic mass is 32.2. The molecule has 0 fully saturated rings. The van der Waals surface area contributed by atoms with Gasteiger partial charge in [-0.05, 0) is 48.5 Å². The van der Waals surface area contributed by atoms with Crippen LogP contribution < -0.4 is 0 Å². The van der Waals surface area contributed by atoms with E-state index in [9.17, 15) is 8.42 Å². The molecular weight excluding hydrogens is 358 g/mol. The summed E-state index contributed by atoms with van der Waals surface area (Å²) in [6, 6.07) is 23.7. The number of H-pyrrole nitrogens is 1. The first-order valence-corrected chi connectivity index (χ1v) is 9.94. The average Bonchev–Trinajstić information content (AvgIpc) is 3.32. The standard InChI is InChI=1S/C21H15N3O2S/c25-27(26,17-6-2-1-3-7-17)24-13-12-15-14-16(10-11-20(15)24)21-22-18-8-4-5-9-19(18)23-21/h1-14H,(H,22,23). The van der Waals surface area contributed by atoms with Gasteiger partial charge in [0.1, 0.15) is 5.82 Å². The molecule has 0 saturated heterocycles. The molecule has 0 amide bonds. The third-order valence-electron chi connectivity index (χ3n) is 4.62. The highest BCUT2D eigenvalue weighted by Crippen LogP contribution is 2.27. The van der Waals surface area contributed by atoms with Gasteiger partial charge in [0.2, 0.25) is 0 Å². The van der Waals surface area contributed by atoms with E-state index in [-0.39, 0.29) is 4.90 Å². The zero-order valence-corrected chi connectivity index (χ0v) is 15.0. The molecule has 27 heavy (non-hydrogen) atoms. The van der Waals surface area contributed by atoms with E-state index < -0.39 is 10.0 Å². The van der Waals surface area contributed by atoms with Crippen LogP contribution in [0.3, 0.4) is 0 Å². The van der Waals surface area contributed by atoms with Crippen molar-refractivity contribution in [3.8, 4) is 11.4 Å². The normalized spacial score (nSPS) is 12.0. The maximum absolute atomic E-state index is 12.9. The monoisotopic (exact) mass is 373 g/mol. The van der Waals surface area contributed by atoms with Gasteiger partial charge in [0, 0.05) is 17.1 Å². The molecule has 0 unspecified atom stereocenters. The number of aromatic amines is 1. The molecule has 0 saturated carbocycles. The third kappa shape index (κ3) is 2.53. The molecule has 132 valence electrons. The summed E-state index contributed by atoms with van der Waals surface area (Å²) in [5, 5.41) is 0.840. The molecule has 2 heterocycles. The van der Waals surface area contributed by atoms with Crippen molar-refractivity contribution < 1.29 is 8.42 Å². The molecule has 5 aromatic rings. The number of para-hydroxylation sites is 2. The fourth-order valence-corrected chi connectivity index (χ4v) is 4.64. The quantitative estimate of drug-likeness (QED) is 0.509. The lowest BCUT2D eigenvalue weighted by Crippen LogP contribution is -2.11. The number of rotatable bonds is 3. The Labute approximate surface area is 156 Å². The van der Waals surface area contributed by atoms with Crippen molar-refractivity contribution in [3.05, 3.63) is 85.1 Å². The first kappa shape index (κ1) is 15.8. The van der Waals surface area contributed by atoms with E-state index >= 15 is 0 Å². The molecule has 5 nitrogen and oxygen atoms in total. The summed E-state index contributed by atoms with van der Waals surface area (Å²) in [6.07, 6.45) is 1.59. The lowest BCUT2D eigenvalue weighted by molar-refractivity contribution is 0.589. The van der Waals surface area contributed by atoms with Crippen LogP contribution in [0.1, 0.15) is 0 Å². The Bertz CT molecular complexity index is 1350. The van der Waals surface area contributed by atoms with Gasteiger partial charge < -0.3 is 4.98 Å². The molecule has 0 radical (unpaired) electrons. The van der Waals surface area contributed by atoms with Crippen LogP contribution in [-0.4, -0.2) is 22.4 Å². The highest BCUT2D eigenvalue weighted by molar-refractivity contribution is 7.90. The van der Waals surface area contributed by atoms with Gasteiger partial charge in [-0.2, -0.15) is 0 Å². The number of benzene rings is 3. The van der Waals surface area contributed by atoms with Crippen LogP contribution in [0.5, 0.6) is 0 Å². The molecular formula is C21H15N3O2S. The summed E-state index contributed by atoms with van der Waals surface area (Å²) >= 11 is 0. The van der Waals surface area contributed by atoms with Crippen LogP contribution in [0.2, 0.25) is 0 Å².